The number of furan rings is 1. The van der Waals surface area contributed by atoms with Crippen LogP contribution in [0.2, 0.25) is 0 Å². The van der Waals surface area contributed by atoms with Gasteiger partial charge in [-0.1, -0.05) is 24.1 Å². The molecule has 0 aliphatic carbocycles. The van der Waals surface area contributed by atoms with E-state index in [-0.39, 0.29) is 22.8 Å². The van der Waals surface area contributed by atoms with Crippen molar-refractivity contribution in [2.45, 2.75) is 26.2 Å². The largest absolute Gasteiger partial charge is 0.456 e. The van der Waals surface area contributed by atoms with Gasteiger partial charge in [0.1, 0.15) is 5.76 Å². The maximum atomic E-state index is 12.5. The van der Waals surface area contributed by atoms with Gasteiger partial charge in [0, 0.05) is 19.5 Å². The average Bonchev–Trinajstić information content (AvgIpc) is 3.33. The first-order valence-corrected chi connectivity index (χ1v) is 9.57. The number of likely N-dealkylation sites (tertiary alicyclic amines) is 1. The fourth-order valence-corrected chi connectivity index (χ4v) is 3.57. The summed E-state index contributed by atoms with van der Waals surface area (Å²) in [5.74, 6) is -1.60. The molecular formula is C21H20N2O6. The number of hydroxylamine groups is 2. The van der Waals surface area contributed by atoms with Gasteiger partial charge in [0.2, 0.25) is 0 Å². The van der Waals surface area contributed by atoms with Crippen LogP contribution in [0.25, 0.3) is 0 Å². The van der Waals surface area contributed by atoms with Crippen LogP contribution in [0.15, 0.2) is 40.8 Å². The summed E-state index contributed by atoms with van der Waals surface area (Å²) in [4.78, 5) is 56.4. The van der Waals surface area contributed by atoms with Gasteiger partial charge in [0.15, 0.2) is 5.76 Å². The van der Waals surface area contributed by atoms with Gasteiger partial charge in [0.05, 0.1) is 17.0 Å². The summed E-state index contributed by atoms with van der Waals surface area (Å²) in [6, 6.07) is 9.76. The number of nitrogens with zero attached hydrogens (tertiary/aromatic N) is 2. The zero-order valence-corrected chi connectivity index (χ0v) is 15.9. The van der Waals surface area contributed by atoms with E-state index in [1.165, 1.54) is 12.1 Å². The van der Waals surface area contributed by atoms with Crippen LogP contribution in [0.3, 0.4) is 0 Å². The van der Waals surface area contributed by atoms with E-state index in [1.807, 2.05) is 6.92 Å². The van der Waals surface area contributed by atoms with Crippen molar-refractivity contribution in [3.63, 3.8) is 0 Å². The highest BCUT2D eigenvalue weighted by atomic mass is 16.7. The molecule has 8 nitrogen and oxygen atoms in total. The Hall–Kier alpha value is -3.42. The van der Waals surface area contributed by atoms with Crippen LogP contribution in [-0.2, 0) is 16.1 Å². The van der Waals surface area contributed by atoms with E-state index in [1.54, 1.807) is 29.2 Å². The van der Waals surface area contributed by atoms with Gasteiger partial charge in [0.25, 0.3) is 17.7 Å². The Bertz CT molecular complexity index is 952. The molecule has 2 aliphatic rings. The maximum Gasteiger partial charge on any atom is 0.336 e. The summed E-state index contributed by atoms with van der Waals surface area (Å²) >= 11 is 0. The van der Waals surface area contributed by atoms with Crippen molar-refractivity contribution < 1.29 is 28.4 Å². The summed E-state index contributed by atoms with van der Waals surface area (Å²) in [6.45, 7) is 2.67. The number of aryl methyl sites for hydroxylation is 1. The number of hydrogen-bond donors (Lipinski definition) is 0. The first kappa shape index (κ1) is 18.9. The lowest BCUT2D eigenvalue weighted by Gasteiger charge is -2.30. The minimum Gasteiger partial charge on any atom is -0.456 e. The van der Waals surface area contributed by atoms with Crippen LogP contribution in [0.4, 0.5) is 0 Å². The quantitative estimate of drug-likeness (QED) is 0.737. The van der Waals surface area contributed by atoms with Gasteiger partial charge < -0.3 is 14.2 Å². The molecule has 0 bridgehead atoms. The number of hydrogen-bond acceptors (Lipinski definition) is 6. The van der Waals surface area contributed by atoms with Crippen molar-refractivity contribution in [2.75, 3.05) is 13.1 Å². The fourth-order valence-electron chi connectivity index (χ4n) is 3.57. The highest BCUT2D eigenvalue weighted by Gasteiger charge is 2.40. The second kappa shape index (κ2) is 7.54. The number of rotatable bonds is 4. The molecule has 0 atom stereocenters. The van der Waals surface area contributed by atoms with E-state index in [4.69, 9.17) is 9.25 Å². The van der Waals surface area contributed by atoms with Crippen molar-refractivity contribution in [2.24, 2.45) is 5.92 Å². The molecule has 29 heavy (non-hydrogen) atoms. The average molecular weight is 396 g/mol. The first-order valence-electron chi connectivity index (χ1n) is 9.57. The van der Waals surface area contributed by atoms with E-state index < -0.39 is 23.7 Å². The Morgan fingerprint density at radius 2 is 1.66 bits per heavy atom. The van der Waals surface area contributed by atoms with Gasteiger partial charge in [-0.25, -0.2) is 4.79 Å². The van der Waals surface area contributed by atoms with Crippen LogP contribution in [0, 0.1) is 5.92 Å². The van der Waals surface area contributed by atoms with Crippen LogP contribution in [0.5, 0.6) is 0 Å². The Balaban J connectivity index is 1.34. The lowest BCUT2D eigenvalue weighted by Crippen LogP contribution is -2.42. The number of amides is 3. The SMILES string of the molecule is CCc1ccc(C(=O)N2CCC(C(=O)ON3C(=O)c4ccccc4C3=O)CC2)o1. The summed E-state index contributed by atoms with van der Waals surface area (Å²) in [7, 11) is 0. The summed E-state index contributed by atoms with van der Waals surface area (Å²) < 4.78 is 5.50. The Morgan fingerprint density at radius 3 is 2.21 bits per heavy atom. The van der Waals surface area contributed by atoms with E-state index in [9.17, 15) is 19.2 Å². The monoisotopic (exact) mass is 396 g/mol. The van der Waals surface area contributed by atoms with Crippen molar-refractivity contribution >= 4 is 23.7 Å². The van der Waals surface area contributed by atoms with Gasteiger partial charge in [-0.3, -0.25) is 14.4 Å². The van der Waals surface area contributed by atoms with E-state index in [0.717, 1.165) is 5.76 Å². The lowest BCUT2D eigenvalue weighted by atomic mass is 9.97. The summed E-state index contributed by atoms with van der Waals surface area (Å²) in [5.41, 5.74) is 0.436. The predicted molar refractivity (Wildman–Crippen MR) is 99.7 cm³/mol. The molecule has 1 aromatic carbocycles. The molecule has 3 amide bonds. The van der Waals surface area contributed by atoms with Crippen LogP contribution in [-0.4, -0.2) is 46.7 Å². The topological polar surface area (TPSA) is 97.1 Å². The number of imide groups is 1. The third-order valence-corrected chi connectivity index (χ3v) is 5.27. The zero-order chi connectivity index (χ0) is 20.5. The van der Waals surface area contributed by atoms with Gasteiger partial charge in [-0.15, -0.1) is 0 Å². The van der Waals surface area contributed by atoms with Gasteiger partial charge in [-0.2, -0.15) is 0 Å². The summed E-state index contributed by atoms with van der Waals surface area (Å²) in [6.07, 6.45) is 1.48. The Labute approximate surface area is 167 Å². The van der Waals surface area contributed by atoms with Gasteiger partial charge in [-0.05, 0) is 37.1 Å². The molecule has 4 rings (SSSR count). The molecule has 1 saturated heterocycles. The van der Waals surface area contributed by atoms with Crippen molar-refractivity contribution in [1.82, 2.24) is 9.96 Å². The molecule has 0 spiro atoms. The third kappa shape index (κ3) is 3.41. The number of carbonyl (C=O) groups excluding carboxylic acids is 4. The second-order valence-corrected chi connectivity index (χ2v) is 7.05. The van der Waals surface area contributed by atoms with Crippen molar-refractivity contribution in [1.29, 1.82) is 0 Å². The fraction of sp³-hybridized carbons (Fsp3) is 0.333. The number of piperidine rings is 1. The zero-order valence-electron chi connectivity index (χ0n) is 15.9. The normalized spacial score (nSPS) is 16.9. The van der Waals surface area contributed by atoms with Crippen LogP contribution >= 0.6 is 0 Å². The minimum atomic E-state index is -0.642. The lowest BCUT2D eigenvalue weighted by molar-refractivity contribution is -0.175. The molecule has 150 valence electrons. The van der Waals surface area contributed by atoms with E-state index >= 15 is 0 Å². The molecule has 2 aliphatic heterocycles. The third-order valence-electron chi connectivity index (χ3n) is 5.27. The van der Waals surface area contributed by atoms with Crippen molar-refractivity contribution in [3.05, 3.63) is 59.0 Å². The predicted octanol–water partition coefficient (Wildman–Crippen LogP) is 2.45. The maximum absolute atomic E-state index is 12.5. The minimum absolute atomic E-state index is 0.211. The van der Waals surface area contributed by atoms with Gasteiger partial charge >= 0.3 is 5.97 Å². The molecule has 8 heteroatoms. The second-order valence-electron chi connectivity index (χ2n) is 7.05. The molecule has 0 unspecified atom stereocenters. The Kier molecular flexibility index (Phi) is 4.92. The molecule has 1 fully saturated rings. The van der Waals surface area contributed by atoms with E-state index in [0.29, 0.717) is 37.4 Å². The van der Waals surface area contributed by atoms with Crippen LogP contribution < -0.4 is 0 Å². The molecule has 0 radical (unpaired) electrons. The standard InChI is InChI=1S/C21H20N2O6/c1-2-14-7-8-17(28-14)20(26)22-11-9-13(10-12-22)21(27)29-23-18(24)15-5-3-4-6-16(15)19(23)25/h3-8,13H,2,9-12H2,1H3. The van der Waals surface area contributed by atoms with E-state index in [2.05, 4.69) is 0 Å². The molecular weight excluding hydrogens is 376 g/mol. The Morgan fingerprint density at radius 1 is 1.03 bits per heavy atom. The molecule has 1 aromatic heterocycles. The highest BCUT2D eigenvalue weighted by Crippen LogP contribution is 2.26. The smallest absolute Gasteiger partial charge is 0.336 e. The highest BCUT2D eigenvalue weighted by molar-refractivity contribution is 6.20. The molecule has 3 heterocycles. The number of carbonyl (C=O) groups is 4. The van der Waals surface area contributed by atoms with Crippen molar-refractivity contribution in [3.8, 4) is 0 Å². The number of fused-ring (bicyclic) bond motifs is 1. The number of benzene rings is 1. The first-order chi connectivity index (χ1) is 14.0. The molecule has 0 saturated carbocycles. The van der Waals surface area contributed by atoms with Crippen LogP contribution in [0.1, 0.15) is 56.8 Å². The molecule has 2 aromatic rings. The summed E-state index contributed by atoms with van der Waals surface area (Å²) in [5, 5.41) is 0.527. The molecule has 0 N–H and O–H groups in total.